The Labute approximate surface area is 114 Å². The summed E-state index contributed by atoms with van der Waals surface area (Å²) < 4.78 is 18.3. The van der Waals surface area contributed by atoms with Crippen molar-refractivity contribution in [2.45, 2.75) is 13.0 Å². The Hall–Kier alpha value is -2.48. The normalized spacial score (nSPS) is 11.8. The lowest BCUT2D eigenvalue weighted by atomic mass is 10.1. The molecule has 2 rings (SSSR count). The maximum Gasteiger partial charge on any atom is 0.227 e. The van der Waals surface area contributed by atoms with E-state index in [1.807, 2.05) is 0 Å². The molecular formula is C12H14FN5O2. The van der Waals surface area contributed by atoms with Crippen LogP contribution in [0, 0.1) is 5.82 Å². The highest BCUT2D eigenvalue weighted by Crippen LogP contribution is 2.09. The van der Waals surface area contributed by atoms with Gasteiger partial charge in [-0.25, -0.2) is 4.39 Å². The Morgan fingerprint density at radius 1 is 1.45 bits per heavy atom. The first-order chi connectivity index (χ1) is 9.69. The van der Waals surface area contributed by atoms with Crippen LogP contribution in [0.5, 0.6) is 0 Å². The zero-order valence-corrected chi connectivity index (χ0v) is 10.6. The molecule has 8 heteroatoms. The van der Waals surface area contributed by atoms with Crippen molar-refractivity contribution in [3.8, 4) is 0 Å². The highest BCUT2D eigenvalue weighted by molar-refractivity contribution is 5.97. The van der Waals surface area contributed by atoms with Crippen LogP contribution in [-0.4, -0.2) is 27.7 Å². The number of hydrogen-bond donors (Lipinski definition) is 3. The van der Waals surface area contributed by atoms with E-state index in [0.717, 1.165) is 0 Å². The van der Waals surface area contributed by atoms with E-state index in [4.69, 9.17) is 15.5 Å². The van der Waals surface area contributed by atoms with Gasteiger partial charge in [-0.15, -0.1) is 0 Å². The van der Waals surface area contributed by atoms with Crippen molar-refractivity contribution < 1.29 is 14.1 Å². The van der Waals surface area contributed by atoms with Crippen molar-refractivity contribution in [3.63, 3.8) is 0 Å². The van der Waals surface area contributed by atoms with E-state index in [-0.39, 0.29) is 5.84 Å². The number of rotatable bonds is 6. The maximum atomic E-state index is 13.4. The molecule has 0 amide bonds. The average molecular weight is 279 g/mol. The van der Waals surface area contributed by atoms with Gasteiger partial charge in [-0.05, 0) is 23.8 Å². The third kappa shape index (κ3) is 3.75. The van der Waals surface area contributed by atoms with Crippen molar-refractivity contribution in [2.75, 3.05) is 6.54 Å². The lowest BCUT2D eigenvalue weighted by Gasteiger charge is -2.06. The predicted octanol–water partition coefficient (Wildman–Crippen LogP) is 0.635. The Bertz CT molecular complexity index is 586. The lowest BCUT2D eigenvalue weighted by molar-refractivity contribution is 0.318. The second-order valence-electron chi connectivity index (χ2n) is 4.10. The Morgan fingerprint density at radius 2 is 2.30 bits per heavy atom. The molecule has 1 heterocycles. The second kappa shape index (κ2) is 6.62. The van der Waals surface area contributed by atoms with Gasteiger partial charge >= 0.3 is 0 Å². The Kier molecular flexibility index (Phi) is 4.61. The zero-order chi connectivity index (χ0) is 14.4. The zero-order valence-electron chi connectivity index (χ0n) is 10.6. The summed E-state index contributed by atoms with van der Waals surface area (Å²) in [5.74, 6) is -0.0338. The summed E-state index contributed by atoms with van der Waals surface area (Å²) in [6.45, 7) is 1.05. The highest BCUT2D eigenvalue weighted by Gasteiger charge is 2.05. The molecule has 4 N–H and O–H groups in total. The predicted molar refractivity (Wildman–Crippen MR) is 68.6 cm³/mol. The molecule has 2 aromatic rings. The lowest BCUT2D eigenvalue weighted by Crippen LogP contribution is -2.18. The molecule has 0 aliphatic heterocycles. The minimum absolute atomic E-state index is 0.128. The van der Waals surface area contributed by atoms with E-state index in [1.165, 1.54) is 18.5 Å². The van der Waals surface area contributed by atoms with Gasteiger partial charge in [0.1, 0.15) is 5.82 Å². The van der Waals surface area contributed by atoms with E-state index in [0.29, 0.717) is 36.5 Å². The summed E-state index contributed by atoms with van der Waals surface area (Å²) in [7, 11) is 0. The van der Waals surface area contributed by atoms with Crippen LogP contribution in [0.25, 0.3) is 0 Å². The van der Waals surface area contributed by atoms with Gasteiger partial charge in [0, 0.05) is 25.1 Å². The van der Waals surface area contributed by atoms with Crippen molar-refractivity contribution in [3.05, 3.63) is 47.4 Å². The monoisotopic (exact) mass is 279 g/mol. The average Bonchev–Trinajstić information content (AvgIpc) is 2.95. The van der Waals surface area contributed by atoms with E-state index in [9.17, 15) is 4.39 Å². The number of halogens is 1. The van der Waals surface area contributed by atoms with Crippen LogP contribution in [0.15, 0.2) is 34.2 Å². The van der Waals surface area contributed by atoms with Gasteiger partial charge in [-0.1, -0.05) is 10.3 Å². The first-order valence-electron chi connectivity index (χ1n) is 5.92. The molecule has 0 bridgehead atoms. The number of oxime groups is 1. The minimum atomic E-state index is -0.442. The molecule has 0 radical (unpaired) electrons. The molecule has 0 saturated heterocycles. The van der Waals surface area contributed by atoms with Gasteiger partial charge in [0.2, 0.25) is 5.89 Å². The molecule has 106 valence electrons. The summed E-state index contributed by atoms with van der Waals surface area (Å²) in [5.41, 5.74) is 6.46. The van der Waals surface area contributed by atoms with E-state index in [2.05, 4.69) is 20.6 Å². The molecular weight excluding hydrogens is 265 g/mol. The van der Waals surface area contributed by atoms with Gasteiger partial charge in [0.15, 0.2) is 12.2 Å². The van der Waals surface area contributed by atoms with Crippen LogP contribution in [-0.2, 0) is 13.0 Å². The number of nitrogens with zero attached hydrogens (tertiary/aromatic N) is 3. The number of amidine groups is 1. The Balaban J connectivity index is 1.90. The van der Waals surface area contributed by atoms with Crippen LogP contribution in [0.4, 0.5) is 4.39 Å². The molecule has 1 aromatic heterocycles. The quantitative estimate of drug-likeness (QED) is 0.235. The fourth-order valence-corrected chi connectivity index (χ4v) is 1.69. The fraction of sp³-hybridized carbons (Fsp3) is 0.250. The van der Waals surface area contributed by atoms with Crippen molar-refractivity contribution in [1.29, 1.82) is 0 Å². The molecule has 0 atom stereocenters. The first kappa shape index (κ1) is 13.9. The molecule has 0 saturated carbocycles. The summed E-state index contributed by atoms with van der Waals surface area (Å²) in [6.07, 6.45) is 1.92. The molecule has 0 aliphatic carbocycles. The van der Waals surface area contributed by atoms with Crippen molar-refractivity contribution in [2.24, 2.45) is 10.9 Å². The van der Waals surface area contributed by atoms with Gasteiger partial charge < -0.3 is 20.8 Å². The topological polar surface area (TPSA) is 110 Å². The molecule has 1 aromatic carbocycles. The number of hydrogen-bond acceptors (Lipinski definition) is 6. The number of benzene rings is 1. The van der Waals surface area contributed by atoms with Gasteiger partial charge in [0.25, 0.3) is 0 Å². The molecule has 7 nitrogen and oxygen atoms in total. The van der Waals surface area contributed by atoms with Crippen LogP contribution in [0.2, 0.25) is 0 Å². The number of nitrogens with one attached hydrogen (secondary N) is 1. The van der Waals surface area contributed by atoms with Crippen molar-refractivity contribution >= 4 is 5.84 Å². The van der Waals surface area contributed by atoms with Gasteiger partial charge in [0.05, 0.1) is 0 Å². The first-order valence-corrected chi connectivity index (χ1v) is 5.92. The van der Waals surface area contributed by atoms with E-state index in [1.54, 1.807) is 6.07 Å². The number of aromatic nitrogens is 2. The largest absolute Gasteiger partial charge is 0.409 e. The number of nitrogens with two attached hydrogens (primary N) is 1. The second-order valence-corrected chi connectivity index (χ2v) is 4.10. The van der Waals surface area contributed by atoms with Crippen LogP contribution >= 0.6 is 0 Å². The molecule has 0 unspecified atom stereocenters. The molecule has 20 heavy (non-hydrogen) atoms. The minimum Gasteiger partial charge on any atom is -0.409 e. The smallest absolute Gasteiger partial charge is 0.227 e. The SMILES string of the molecule is N/C(=N/O)c1cc(F)cc(CNCCc2ncno2)c1. The van der Waals surface area contributed by atoms with E-state index >= 15 is 0 Å². The van der Waals surface area contributed by atoms with Crippen LogP contribution in [0.3, 0.4) is 0 Å². The summed E-state index contributed by atoms with van der Waals surface area (Å²) >= 11 is 0. The molecule has 0 fully saturated rings. The van der Waals surface area contributed by atoms with E-state index < -0.39 is 5.82 Å². The molecule has 0 aliphatic rings. The maximum absolute atomic E-state index is 13.4. The van der Waals surface area contributed by atoms with Gasteiger partial charge in [-0.2, -0.15) is 4.98 Å². The third-order valence-corrected chi connectivity index (χ3v) is 2.61. The Morgan fingerprint density at radius 3 is 3.00 bits per heavy atom. The fourth-order valence-electron chi connectivity index (χ4n) is 1.69. The summed E-state index contributed by atoms with van der Waals surface area (Å²) in [6, 6.07) is 4.24. The highest BCUT2D eigenvalue weighted by atomic mass is 19.1. The van der Waals surface area contributed by atoms with Crippen LogP contribution in [0.1, 0.15) is 17.0 Å². The third-order valence-electron chi connectivity index (χ3n) is 2.61. The summed E-state index contributed by atoms with van der Waals surface area (Å²) in [5, 5.41) is 18.1. The van der Waals surface area contributed by atoms with Crippen molar-refractivity contribution in [1.82, 2.24) is 15.5 Å². The standard InChI is InChI=1S/C12H14FN5O2/c13-10-4-8(3-9(5-10)12(14)18-19)6-15-2-1-11-16-7-17-20-11/h3-5,7,15,19H,1-2,6H2,(H2,14,18). The summed E-state index contributed by atoms with van der Waals surface area (Å²) in [4.78, 5) is 3.89. The molecule has 0 spiro atoms. The van der Waals surface area contributed by atoms with Crippen LogP contribution < -0.4 is 11.1 Å². The van der Waals surface area contributed by atoms with Gasteiger partial charge in [-0.3, -0.25) is 0 Å².